The van der Waals surface area contributed by atoms with E-state index in [2.05, 4.69) is 0 Å². The van der Waals surface area contributed by atoms with Gasteiger partial charge in [0, 0.05) is 12.1 Å². The molecule has 1 rings (SSSR count). The molecular formula is C6H8NNaO5. The largest absolute Gasteiger partial charge is 1.00 e. The summed E-state index contributed by atoms with van der Waals surface area (Å²) in [5.41, 5.74) is -0.0559. The van der Waals surface area contributed by atoms with Crippen LogP contribution in [0.4, 0.5) is 5.69 Å². The molecule has 0 amide bonds. The minimum Gasteiger partial charge on any atom is -0.872 e. The number of benzene rings is 1. The fourth-order valence-corrected chi connectivity index (χ4v) is 0.568. The second kappa shape index (κ2) is 7.96. The Morgan fingerprint density at radius 1 is 1.08 bits per heavy atom. The molecule has 0 heterocycles. The van der Waals surface area contributed by atoms with E-state index in [1.54, 1.807) is 0 Å². The Balaban J connectivity index is -0.000000333. The van der Waals surface area contributed by atoms with Crippen molar-refractivity contribution in [3.63, 3.8) is 0 Å². The first-order chi connectivity index (χ1) is 4.70. The molecule has 0 spiro atoms. The maximum absolute atomic E-state index is 10.4. The molecular weight excluding hydrogens is 189 g/mol. The standard InChI is InChI=1S/C6H5NO3.Na.2H2O/c8-6-3-1-5(2-4-6)7(9)10;;;/h1-4,8H;;2*1H2/q;+1;;/p-1. The SMILES string of the molecule is O.O.O=[N+]([O-])c1ccc([O-])cc1.[Na+]. The Kier molecular flexibility index (Phi) is 11.1. The van der Waals surface area contributed by atoms with Gasteiger partial charge in [0.25, 0.3) is 5.69 Å². The molecule has 0 aliphatic rings. The summed E-state index contributed by atoms with van der Waals surface area (Å²) < 4.78 is 0. The number of rotatable bonds is 1. The molecule has 0 radical (unpaired) electrons. The molecule has 0 fully saturated rings. The first-order valence-corrected chi connectivity index (χ1v) is 2.61. The Morgan fingerprint density at radius 2 is 1.46 bits per heavy atom. The van der Waals surface area contributed by atoms with Crippen LogP contribution >= 0.6 is 0 Å². The van der Waals surface area contributed by atoms with Crippen molar-refractivity contribution in [1.29, 1.82) is 0 Å². The van der Waals surface area contributed by atoms with E-state index in [0.717, 1.165) is 12.1 Å². The molecule has 0 unspecified atom stereocenters. The summed E-state index contributed by atoms with van der Waals surface area (Å²) in [5, 5.41) is 20.4. The van der Waals surface area contributed by atoms with E-state index in [9.17, 15) is 15.2 Å². The van der Waals surface area contributed by atoms with Crippen LogP contribution in [0, 0.1) is 10.1 Å². The van der Waals surface area contributed by atoms with Crippen molar-refractivity contribution < 1.29 is 50.5 Å². The van der Waals surface area contributed by atoms with Gasteiger partial charge in [0.15, 0.2) is 0 Å². The summed E-state index contributed by atoms with van der Waals surface area (Å²) in [7, 11) is 0. The zero-order valence-electron chi connectivity index (χ0n) is 6.98. The van der Waals surface area contributed by atoms with E-state index in [1.165, 1.54) is 12.1 Å². The van der Waals surface area contributed by atoms with Crippen LogP contribution in [0.25, 0.3) is 0 Å². The molecule has 7 heteroatoms. The van der Waals surface area contributed by atoms with Crippen LogP contribution in [0.1, 0.15) is 0 Å². The van der Waals surface area contributed by atoms with Crippen molar-refractivity contribution >= 4 is 5.69 Å². The minimum absolute atomic E-state index is 0. The van der Waals surface area contributed by atoms with Gasteiger partial charge in [0.2, 0.25) is 0 Å². The second-order valence-corrected chi connectivity index (χ2v) is 1.75. The summed E-state index contributed by atoms with van der Waals surface area (Å²) in [6.45, 7) is 0. The molecule has 0 saturated carbocycles. The third-order valence-corrected chi connectivity index (χ3v) is 1.05. The number of non-ortho nitro benzene ring substituents is 1. The third kappa shape index (κ3) is 5.56. The van der Waals surface area contributed by atoms with E-state index >= 15 is 0 Å². The fraction of sp³-hybridized carbons (Fsp3) is 0. The van der Waals surface area contributed by atoms with Gasteiger partial charge in [-0.3, -0.25) is 10.1 Å². The van der Waals surface area contributed by atoms with Crippen LogP contribution in [-0.2, 0) is 0 Å². The van der Waals surface area contributed by atoms with Gasteiger partial charge in [0.1, 0.15) is 0 Å². The van der Waals surface area contributed by atoms with E-state index in [0.29, 0.717) is 0 Å². The van der Waals surface area contributed by atoms with Crippen molar-refractivity contribution in [1.82, 2.24) is 0 Å². The van der Waals surface area contributed by atoms with E-state index in [4.69, 9.17) is 0 Å². The van der Waals surface area contributed by atoms with Crippen molar-refractivity contribution in [3.8, 4) is 5.75 Å². The van der Waals surface area contributed by atoms with Gasteiger partial charge in [-0.1, -0.05) is 12.1 Å². The Bertz CT molecular complexity index is 250. The summed E-state index contributed by atoms with van der Waals surface area (Å²) in [6.07, 6.45) is 0. The summed E-state index contributed by atoms with van der Waals surface area (Å²) in [6, 6.07) is 4.70. The molecule has 0 atom stereocenters. The average Bonchev–Trinajstić information content (AvgIpc) is 1.88. The molecule has 0 saturated heterocycles. The summed E-state index contributed by atoms with van der Waals surface area (Å²) in [4.78, 5) is 9.47. The second-order valence-electron chi connectivity index (χ2n) is 1.75. The van der Waals surface area contributed by atoms with Crippen LogP contribution in [0.3, 0.4) is 0 Å². The van der Waals surface area contributed by atoms with Crippen molar-refractivity contribution in [3.05, 3.63) is 34.4 Å². The molecule has 13 heavy (non-hydrogen) atoms. The minimum atomic E-state index is -0.542. The number of nitrogens with zero attached hydrogens (tertiary/aromatic N) is 1. The van der Waals surface area contributed by atoms with Gasteiger partial charge in [0.05, 0.1) is 4.92 Å². The fourth-order valence-electron chi connectivity index (χ4n) is 0.568. The van der Waals surface area contributed by atoms with Gasteiger partial charge in [-0.25, -0.2) is 0 Å². The van der Waals surface area contributed by atoms with Crippen molar-refractivity contribution in [2.75, 3.05) is 0 Å². The van der Waals surface area contributed by atoms with E-state index in [-0.39, 0.29) is 51.9 Å². The number of nitro benzene ring substituents is 1. The van der Waals surface area contributed by atoms with Gasteiger partial charge < -0.3 is 16.1 Å². The quantitative estimate of drug-likeness (QED) is 0.258. The Labute approximate surface area is 96.3 Å². The monoisotopic (exact) mass is 197 g/mol. The van der Waals surface area contributed by atoms with Gasteiger partial charge in [-0.05, 0) is 0 Å². The molecule has 0 aliphatic heterocycles. The molecule has 1 aromatic carbocycles. The molecule has 6 nitrogen and oxygen atoms in total. The Morgan fingerprint density at radius 3 is 1.77 bits per heavy atom. The van der Waals surface area contributed by atoms with Crippen LogP contribution in [0.2, 0.25) is 0 Å². The summed E-state index contributed by atoms with van der Waals surface area (Å²) >= 11 is 0. The topological polar surface area (TPSA) is 129 Å². The molecule has 4 N–H and O–H groups in total. The third-order valence-electron chi connectivity index (χ3n) is 1.05. The first-order valence-electron chi connectivity index (χ1n) is 2.61. The molecule has 68 valence electrons. The van der Waals surface area contributed by atoms with Crippen LogP contribution < -0.4 is 34.7 Å². The van der Waals surface area contributed by atoms with Gasteiger partial charge in [-0.2, -0.15) is 0 Å². The zero-order valence-corrected chi connectivity index (χ0v) is 8.98. The number of nitro groups is 1. The van der Waals surface area contributed by atoms with Crippen LogP contribution in [0.15, 0.2) is 24.3 Å². The Hall–Kier alpha value is -0.660. The zero-order chi connectivity index (χ0) is 7.56. The van der Waals surface area contributed by atoms with Crippen LogP contribution in [0.5, 0.6) is 5.75 Å². The number of hydrogen-bond donors (Lipinski definition) is 0. The van der Waals surface area contributed by atoms with Crippen LogP contribution in [-0.4, -0.2) is 15.9 Å². The smallest absolute Gasteiger partial charge is 0.872 e. The first kappa shape index (κ1) is 18.2. The molecule has 0 aliphatic carbocycles. The van der Waals surface area contributed by atoms with E-state index < -0.39 is 4.92 Å². The maximum Gasteiger partial charge on any atom is 1.00 e. The van der Waals surface area contributed by atoms with Crippen molar-refractivity contribution in [2.24, 2.45) is 0 Å². The van der Waals surface area contributed by atoms with E-state index in [1.807, 2.05) is 0 Å². The predicted molar refractivity (Wildman–Crippen MR) is 39.8 cm³/mol. The predicted octanol–water partition coefficient (Wildman–Crippen LogP) is -3.98. The molecule has 0 aromatic heterocycles. The number of hydrogen-bond acceptors (Lipinski definition) is 3. The molecule has 1 aromatic rings. The normalized spacial score (nSPS) is 7.08. The molecule has 0 bridgehead atoms. The summed E-state index contributed by atoms with van der Waals surface area (Å²) in [5.74, 6) is -0.217. The van der Waals surface area contributed by atoms with Gasteiger partial charge in [-0.15, -0.1) is 5.75 Å². The van der Waals surface area contributed by atoms with Crippen molar-refractivity contribution in [2.45, 2.75) is 0 Å². The van der Waals surface area contributed by atoms with Gasteiger partial charge >= 0.3 is 29.6 Å². The average molecular weight is 197 g/mol. The maximum atomic E-state index is 10.4.